The summed E-state index contributed by atoms with van der Waals surface area (Å²) in [5, 5.41) is 4.88. The zero-order valence-corrected chi connectivity index (χ0v) is 22.4. The number of carbonyl (C=O) groups is 2. The van der Waals surface area contributed by atoms with Gasteiger partial charge in [-0.15, -0.1) is 0 Å². The molecule has 0 aromatic heterocycles. The summed E-state index contributed by atoms with van der Waals surface area (Å²) in [6, 6.07) is 17.1. The molecule has 2 fully saturated rings. The molecule has 3 aromatic carbocycles. The van der Waals surface area contributed by atoms with E-state index in [2.05, 4.69) is 55.5 Å². The molecule has 0 aliphatic heterocycles. The van der Waals surface area contributed by atoms with Crippen molar-refractivity contribution in [1.82, 2.24) is 0 Å². The van der Waals surface area contributed by atoms with Crippen molar-refractivity contribution in [2.45, 2.75) is 78.9 Å². The maximum Gasteiger partial charge on any atom is 0.311 e. The Hall–Kier alpha value is -2.88. The zero-order chi connectivity index (χ0) is 25.8. The Bertz CT molecular complexity index is 1330. The molecule has 0 amide bonds. The van der Waals surface area contributed by atoms with Crippen LogP contribution in [0.5, 0.6) is 0 Å². The minimum atomic E-state index is -0.734. The molecule has 0 saturated heterocycles. The van der Waals surface area contributed by atoms with Crippen molar-refractivity contribution in [1.29, 1.82) is 0 Å². The van der Waals surface area contributed by atoms with Gasteiger partial charge >= 0.3 is 11.9 Å². The second kappa shape index (κ2) is 8.90. The standard InChI is InChI=1S/C32H38O4/c1-7-31(3,4)30(34)35-28-17-21-15-22(28)16-27(21)29(33)36-32(5,6)23-12-13-25-24-11-9-8-10-20(24)14-19(2)26(25)18-23/h8-14,18,21-22,27-28H,7,15-17H2,1-6H3. The number of benzene rings is 3. The molecule has 0 heterocycles. The number of carbonyl (C=O) groups excluding carboxylic acids is 2. The van der Waals surface area contributed by atoms with Gasteiger partial charge in [-0.1, -0.05) is 49.4 Å². The highest BCUT2D eigenvalue weighted by molar-refractivity contribution is 6.09. The Balaban J connectivity index is 1.29. The van der Waals surface area contributed by atoms with Crippen LogP contribution in [-0.2, 0) is 24.7 Å². The van der Waals surface area contributed by atoms with Crippen LogP contribution in [0.2, 0.25) is 0 Å². The number of rotatable bonds is 6. The maximum absolute atomic E-state index is 13.3. The monoisotopic (exact) mass is 486 g/mol. The molecule has 5 rings (SSSR count). The lowest BCUT2D eigenvalue weighted by molar-refractivity contribution is -0.168. The molecule has 0 N–H and O–H groups in total. The second-order valence-corrected chi connectivity index (χ2v) is 12.1. The van der Waals surface area contributed by atoms with Crippen LogP contribution < -0.4 is 0 Å². The van der Waals surface area contributed by atoms with Crippen LogP contribution >= 0.6 is 0 Å². The summed E-state index contributed by atoms with van der Waals surface area (Å²) >= 11 is 0. The maximum atomic E-state index is 13.3. The fourth-order valence-electron chi connectivity index (χ4n) is 6.14. The fraction of sp³-hybridized carbons (Fsp3) is 0.500. The molecule has 4 atom stereocenters. The van der Waals surface area contributed by atoms with Gasteiger partial charge in [-0.3, -0.25) is 9.59 Å². The molecule has 190 valence electrons. The SMILES string of the molecule is CCC(C)(C)C(=O)OC1CC2CC1CC2C(=O)OC(C)(C)c1ccc2c(c1)c(C)cc1ccccc12. The first-order valence-electron chi connectivity index (χ1n) is 13.4. The van der Waals surface area contributed by atoms with Crippen molar-refractivity contribution in [3.63, 3.8) is 0 Å². The van der Waals surface area contributed by atoms with E-state index >= 15 is 0 Å². The van der Waals surface area contributed by atoms with E-state index in [1.54, 1.807) is 0 Å². The molecule has 2 saturated carbocycles. The summed E-state index contributed by atoms with van der Waals surface area (Å²) in [6.07, 6.45) is 3.13. The Morgan fingerprint density at radius 2 is 1.64 bits per heavy atom. The van der Waals surface area contributed by atoms with E-state index in [9.17, 15) is 9.59 Å². The second-order valence-electron chi connectivity index (χ2n) is 12.1. The van der Waals surface area contributed by atoms with Gasteiger partial charge in [-0.2, -0.15) is 0 Å². The van der Waals surface area contributed by atoms with Crippen LogP contribution in [0.25, 0.3) is 21.5 Å². The third-order valence-electron chi connectivity index (χ3n) is 8.91. The minimum absolute atomic E-state index is 0.0660. The van der Waals surface area contributed by atoms with Gasteiger partial charge in [-0.25, -0.2) is 0 Å². The van der Waals surface area contributed by atoms with Gasteiger partial charge in [0.2, 0.25) is 0 Å². The minimum Gasteiger partial charge on any atom is -0.462 e. The molecule has 36 heavy (non-hydrogen) atoms. The van der Waals surface area contributed by atoms with Gasteiger partial charge in [0.15, 0.2) is 0 Å². The van der Waals surface area contributed by atoms with E-state index in [-0.39, 0.29) is 35.8 Å². The molecule has 0 radical (unpaired) electrons. The number of fused-ring (bicyclic) bond motifs is 5. The molecular weight excluding hydrogens is 448 g/mol. The normalized spacial score (nSPS) is 23.8. The molecule has 2 aliphatic rings. The Morgan fingerprint density at radius 3 is 2.33 bits per heavy atom. The number of hydrogen-bond donors (Lipinski definition) is 0. The highest BCUT2D eigenvalue weighted by Gasteiger charge is 2.52. The fourth-order valence-corrected chi connectivity index (χ4v) is 6.14. The molecular formula is C32H38O4. The number of hydrogen-bond acceptors (Lipinski definition) is 4. The first kappa shape index (κ1) is 24.8. The first-order valence-corrected chi connectivity index (χ1v) is 13.4. The lowest BCUT2D eigenvalue weighted by Gasteiger charge is -2.32. The van der Waals surface area contributed by atoms with E-state index < -0.39 is 11.0 Å². The highest BCUT2D eigenvalue weighted by atomic mass is 16.6. The molecule has 3 aromatic rings. The van der Waals surface area contributed by atoms with Crippen LogP contribution in [0.4, 0.5) is 0 Å². The molecule has 4 unspecified atom stereocenters. The third kappa shape index (κ3) is 4.29. The van der Waals surface area contributed by atoms with Gasteiger partial charge in [0.25, 0.3) is 0 Å². The Labute approximate surface area is 214 Å². The zero-order valence-electron chi connectivity index (χ0n) is 22.4. The lowest BCUT2D eigenvalue weighted by Crippen LogP contribution is -2.37. The van der Waals surface area contributed by atoms with E-state index in [1.165, 1.54) is 27.1 Å². The summed E-state index contributed by atoms with van der Waals surface area (Å²) in [5.41, 5.74) is 1.02. The predicted octanol–water partition coefficient (Wildman–Crippen LogP) is 7.47. The smallest absolute Gasteiger partial charge is 0.311 e. The summed E-state index contributed by atoms with van der Waals surface area (Å²) in [4.78, 5) is 25.9. The van der Waals surface area contributed by atoms with Gasteiger partial charge < -0.3 is 9.47 Å². The van der Waals surface area contributed by atoms with Crippen molar-refractivity contribution in [2.24, 2.45) is 23.2 Å². The number of ether oxygens (including phenoxy) is 2. The highest BCUT2D eigenvalue weighted by Crippen LogP contribution is 2.51. The average Bonchev–Trinajstić information content (AvgIpc) is 3.44. The largest absolute Gasteiger partial charge is 0.462 e. The molecule has 2 aliphatic carbocycles. The van der Waals surface area contributed by atoms with Crippen molar-refractivity contribution in [2.75, 3.05) is 0 Å². The summed E-state index contributed by atoms with van der Waals surface area (Å²) in [6.45, 7) is 12.0. The van der Waals surface area contributed by atoms with Crippen LogP contribution in [0.15, 0.2) is 48.5 Å². The van der Waals surface area contributed by atoms with Crippen molar-refractivity contribution in [3.8, 4) is 0 Å². The van der Waals surface area contributed by atoms with E-state index in [0.29, 0.717) is 0 Å². The Kier molecular flexibility index (Phi) is 6.13. The third-order valence-corrected chi connectivity index (χ3v) is 8.91. The van der Waals surface area contributed by atoms with E-state index in [0.717, 1.165) is 31.2 Å². The molecule has 0 spiro atoms. The van der Waals surface area contributed by atoms with Crippen molar-refractivity contribution >= 4 is 33.5 Å². The number of esters is 2. The van der Waals surface area contributed by atoms with E-state index in [4.69, 9.17) is 9.47 Å². The Morgan fingerprint density at radius 1 is 0.889 bits per heavy atom. The van der Waals surface area contributed by atoms with Crippen LogP contribution in [0.3, 0.4) is 0 Å². The van der Waals surface area contributed by atoms with E-state index in [1.807, 2.05) is 34.6 Å². The molecule has 4 heteroatoms. The quantitative estimate of drug-likeness (QED) is 0.268. The van der Waals surface area contributed by atoms with Gasteiger partial charge in [0.05, 0.1) is 11.3 Å². The van der Waals surface area contributed by atoms with Crippen molar-refractivity contribution < 1.29 is 19.1 Å². The predicted molar refractivity (Wildman–Crippen MR) is 144 cm³/mol. The van der Waals surface area contributed by atoms with Crippen molar-refractivity contribution in [3.05, 3.63) is 59.7 Å². The van der Waals surface area contributed by atoms with Crippen LogP contribution in [-0.4, -0.2) is 18.0 Å². The average molecular weight is 487 g/mol. The molecule has 2 bridgehead atoms. The van der Waals surface area contributed by atoms with Gasteiger partial charge in [0, 0.05) is 0 Å². The van der Waals surface area contributed by atoms with Crippen LogP contribution in [0.1, 0.15) is 71.4 Å². The van der Waals surface area contributed by atoms with Crippen LogP contribution in [0, 0.1) is 30.1 Å². The number of aryl methyl sites for hydroxylation is 1. The first-order chi connectivity index (χ1) is 17.0. The summed E-state index contributed by atoms with van der Waals surface area (Å²) in [5.74, 6) is 0.119. The summed E-state index contributed by atoms with van der Waals surface area (Å²) in [7, 11) is 0. The van der Waals surface area contributed by atoms with Gasteiger partial charge in [-0.05, 0) is 111 Å². The molecule has 4 nitrogen and oxygen atoms in total. The summed E-state index contributed by atoms with van der Waals surface area (Å²) < 4.78 is 12.1. The lowest BCUT2D eigenvalue weighted by atomic mass is 9.86. The topological polar surface area (TPSA) is 52.6 Å². The van der Waals surface area contributed by atoms with Gasteiger partial charge in [0.1, 0.15) is 11.7 Å².